The Balaban J connectivity index is 1.43. The lowest BCUT2D eigenvalue weighted by molar-refractivity contribution is -0.139. The third-order valence-corrected chi connectivity index (χ3v) is 6.12. The van der Waals surface area contributed by atoms with Gasteiger partial charge in [0, 0.05) is 0 Å². The number of carbonyl (C=O) groups excluding carboxylic acids is 3. The minimum Gasteiger partial charge on any atom is -0.322 e. The molecule has 0 aromatic heterocycles. The number of rotatable bonds is 6. The first kappa shape index (κ1) is 21.1. The summed E-state index contributed by atoms with van der Waals surface area (Å²) >= 11 is 0. The van der Waals surface area contributed by atoms with Crippen LogP contribution in [0.25, 0.3) is 0 Å². The normalized spacial score (nSPS) is 18.7. The van der Waals surface area contributed by atoms with Gasteiger partial charge < -0.3 is 5.32 Å². The largest absolute Gasteiger partial charge is 0.344 e. The molecule has 2 aliphatic rings. The van der Waals surface area contributed by atoms with Crippen LogP contribution >= 0.6 is 0 Å². The minimum absolute atomic E-state index is 0.0441. The van der Waals surface area contributed by atoms with Crippen LogP contribution in [0.1, 0.15) is 54.8 Å². The molecule has 1 spiro atoms. The van der Waals surface area contributed by atoms with Gasteiger partial charge in [-0.2, -0.15) is 5.01 Å². The monoisotopic (exact) mass is 420 g/mol. The van der Waals surface area contributed by atoms with Crippen molar-refractivity contribution < 1.29 is 14.4 Å². The van der Waals surface area contributed by atoms with Crippen LogP contribution < -0.4 is 16.1 Å². The summed E-state index contributed by atoms with van der Waals surface area (Å²) in [5, 5.41) is 6.91. The second-order valence-corrected chi connectivity index (χ2v) is 8.38. The van der Waals surface area contributed by atoms with Gasteiger partial charge in [0.1, 0.15) is 5.54 Å². The zero-order valence-electron chi connectivity index (χ0n) is 17.7. The molecule has 7 heteroatoms. The van der Waals surface area contributed by atoms with Crippen LogP contribution in [-0.2, 0) is 9.59 Å². The Hall–Kier alpha value is -3.19. The number of nitrogens with zero attached hydrogens (tertiary/aromatic N) is 1. The molecule has 4 rings (SSSR count). The summed E-state index contributed by atoms with van der Waals surface area (Å²) in [7, 11) is 0. The van der Waals surface area contributed by atoms with Crippen molar-refractivity contribution in [3.05, 3.63) is 71.3 Å². The first-order valence-electron chi connectivity index (χ1n) is 10.8. The molecule has 1 heterocycles. The fourth-order valence-electron chi connectivity index (χ4n) is 4.41. The van der Waals surface area contributed by atoms with E-state index in [0.29, 0.717) is 12.8 Å². The van der Waals surface area contributed by atoms with Crippen LogP contribution in [0.5, 0.6) is 0 Å². The van der Waals surface area contributed by atoms with Crippen molar-refractivity contribution in [2.75, 3.05) is 6.54 Å². The Bertz CT molecular complexity index is 953. The molecule has 1 saturated carbocycles. The Labute approximate surface area is 182 Å². The predicted molar refractivity (Wildman–Crippen MR) is 117 cm³/mol. The summed E-state index contributed by atoms with van der Waals surface area (Å²) in [4.78, 5) is 37.8. The second kappa shape index (κ2) is 8.89. The maximum Gasteiger partial charge on any atom is 0.344 e. The van der Waals surface area contributed by atoms with Gasteiger partial charge in [-0.25, -0.2) is 4.79 Å². The molecule has 1 aliphatic carbocycles. The Morgan fingerprint density at radius 1 is 1.00 bits per heavy atom. The molecule has 1 saturated heterocycles. The quantitative estimate of drug-likeness (QED) is 0.627. The van der Waals surface area contributed by atoms with E-state index >= 15 is 0 Å². The second-order valence-electron chi connectivity index (χ2n) is 8.38. The molecule has 1 atom stereocenters. The van der Waals surface area contributed by atoms with E-state index in [2.05, 4.69) is 16.1 Å². The third-order valence-electron chi connectivity index (χ3n) is 6.12. The van der Waals surface area contributed by atoms with Crippen LogP contribution in [0.2, 0.25) is 0 Å². The van der Waals surface area contributed by atoms with Gasteiger partial charge in [-0.15, -0.1) is 0 Å². The summed E-state index contributed by atoms with van der Waals surface area (Å²) in [6.07, 6.45) is 4.08. The number of carbonyl (C=O) groups is 3. The lowest BCUT2D eigenvalue weighted by Crippen LogP contribution is -2.52. The van der Waals surface area contributed by atoms with Crippen molar-refractivity contribution in [3.63, 3.8) is 0 Å². The fraction of sp³-hybridized carbons (Fsp3) is 0.375. The zero-order chi connectivity index (χ0) is 21.8. The highest BCUT2D eigenvalue weighted by Gasteiger charge is 2.52. The van der Waals surface area contributed by atoms with Crippen LogP contribution in [0.4, 0.5) is 4.79 Å². The molecule has 0 bridgehead atoms. The molecular weight excluding hydrogens is 392 g/mol. The van der Waals surface area contributed by atoms with Gasteiger partial charge in [0.25, 0.3) is 11.8 Å². The summed E-state index contributed by atoms with van der Waals surface area (Å²) in [6, 6.07) is 17.2. The molecular formula is C24H28N4O3. The van der Waals surface area contributed by atoms with Crippen molar-refractivity contribution in [2.24, 2.45) is 0 Å². The number of benzene rings is 2. The van der Waals surface area contributed by atoms with E-state index in [4.69, 9.17) is 0 Å². The molecule has 1 aliphatic heterocycles. The molecule has 2 fully saturated rings. The number of hydrogen-bond donors (Lipinski definition) is 3. The van der Waals surface area contributed by atoms with E-state index in [-0.39, 0.29) is 18.5 Å². The minimum atomic E-state index is -0.857. The summed E-state index contributed by atoms with van der Waals surface area (Å²) in [5.41, 5.74) is 4.84. The topological polar surface area (TPSA) is 90.5 Å². The number of nitrogens with one attached hydrogen (secondary N) is 3. The lowest BCUT2D eigenvalue weighted by atomic mass is 9.82. The van der Waals surface area contributed by atoms with Crippen molar-refractivity contribution in [3.8, 4) is 0 Å². The molecule has 2 aromatic carbocycles. The van der Waals surface area contributed by atoms with Gasteiger partial charge in [0.05, 0.1) is 12.6 Å². The Morgan fingerprint density at radius 2 is 1.65 bits per heavy atom. The number of hydrazine groups is 1. The lowest BCUT2D eigenvalue weighted by Gasteiger charge is -2.30. The van der Waals surface area contributed by atoms with Gasteiger partial charge in [0.2, 0.25) is 0 Å². The molecule has 31 heavy (non-hydrogen) atoms. The van der Waals surface area contributed by atoms with Crippen molar-refractivity contribution >= 4 is 17.8 Å². The maximum atomic E-state index is 12.8. The smallest absolute Gasteiger partial charge is 0.322 e. The average Bonchev–Trinajstić information content (AvgIpc) is 3.00. The van der Waals surface area contributed by atoms with Gasteiger partial charge >= 0.3 is 6.03 Å². The van der Waals surface area contributed by atoms with E-state index < -0.39 is 17.5 Å². The third kappa shape index (κ3) is 4.46. The Kier molecular flexibility index (Phi) is 6.04. The average molecular weight is 421 g/mol. The van der Waals surface area contributed by atoms with E-state index in [1.165, 1.54) is 0 Å². The van der Waals surface area contributed by atoms with Crippen LogP contribution in [0.3, 0.4) is 0 Å². The highest BCUT2D eigenvalue weighted by atomic mass is 16.2. The van der Waals surface area contributed by atoms with Crippen LogP contribution in [0, 0.1) is 6.92 Å². The molecule has 4 amide bonds. The summed E-state index contributed by atoms with van der Waals surface area (Å²) < 4.78 is 0. The van der Waals surface area contributed by atoms with Crippen molar-refractivity contribution in [2.45, 2.75) is 50.6 Å². The van der Waals surface area contributed by atoms with Crippen molar-refractivity contribution in [1.82, 2.24) is 21.1 Å². The first-order chi connectivity index (χ1) is 15.0. The summed E-state index contributed by atoms with van der Waals surface area (Å²) in [5.74, 6) is -0.798. The SMILES string of the molecule is Cc1ccc([C@H](NCC(=O)NN2C(=O)NC3(CCCCC3)C2=O)c2ccccc2)cc1. The fourth-order valence-corrected chi connectivity index (χ4v) is 4.41. The predicted octanol–water partition coefficient (Wildman–Crippen LogP) is 2.96. The zero-order valence-corrected chi connectivity index (χ0v) is 17.7. The highest BCUT2D eigenvalue weighted by Crippen LogP contribution is 2.33. The molecule has 2 aromatic rings. The molecule has 7 nitrogen and oxygen atoms in total. The van der Waals surface area contributed by atoms with Gasteiger partial charge in [-0.05, 0) is 30.9 Å². The summed E-state index contributed by atoms with van der Waals surface area (Å²) in [6.45, 7) is 1.98. The van der Waals surface area contributed by atoms with E-state index in [1.807, 2.05) is 61.5 Å². The van der Waals surface area contributed by atoms with E-state index in [1.54, 1.807) is 0 Å². The molecule has 0 unspecified atom stereocenters. The first-order valence-corrected chi connectivity index (χ1v) is 10.8. The standard InChI is InChI=1S/C24H28N4O3/c1-17-10-12-19(13-11-17)21(18-8-4-2-5-9-18)25-16-20(29)27-28-22(30)24(26-23(28)31)14-6-3-7-15-24/h2,4-5,8-13,21,25H,3,6-7,14-16H2,1H3,(H,26,31)(H,27,29)/t21-/m1/s1. The Morgan fingerprint density at radius 3 is 2.32 bits per heavy atom. The molecule has 3 N–H and O–H groups in total. The maximum absolute atomic E-state index is 12.8. The van der Waals surface area contributed by atoms with Crippen LogP contribution in [-0.4, -0.2) is 34.9 Å². The van der Waals surface area contributed by atoms with Crippen molar-refractivity contribution in [1.29, 1.82) is 0 Å². The number of hydrogen-bond acceptors (Lipinski definition) is 4. The number of aryl methyl sites for hydroxylation is 1. The molecule has 162 valence electrons. The highest BCUT2D eigenvalue weighted by molar-refractivity contribution is 6.08. The van der Waals surface area contributed by atoms with Crippen LogP contribution in [0.15, 0.2) is 54.6 Å². The van der Waals surface area contributed by atoms with Gasteiger partial charge in [-0.1, -0.05) is 79.4 Å². The van der Waals surface area contributed by atoms with E-state index in [9.17, 15) is 14.4 Å². The van der Waals surface area contributed by atoms with Gasteiger partial charge in [0.15, 0.2) is 0 Å². The number of amides is 4. The number of urea groups is 1. The van der Waals surface area contributed by atoms with E-state index in [0.717, 1.165) is 41.0 Å². The number of imide groups is 1. The molecule has 0 radical (unpaired) electrons. The van der Waals surface area contributed by atoms with Gasteiger partial charge in [-0.3, -0.25) is 20.3 Å².